The van der Waals surface area contributed by atoms with Gasteiger partial charge in [-0.05, 0) is 25.5 Å². The average Bonchev–Trinajstić information content (AvgIpc) is 2.78. The Balaban J connectivity index is 2.19. The second-order valence-electron chi connectivity index (χ2n) is 3.37. The highest BCUT2D eigenvalue weighted by Gasteiger charge is 2.42. The van der Waals surface area contributed by atoms with Crippen molar-refractivity contribution in [3.63, 3.8) is 0 Å². The molecule has 4 heteroatoms. The van der Waals surface area contributed by atoms with Crippen molar-refractivity contribution in [2.75, 3.05) is 6.54 Å². The van der Waals surface area contributed by atoms with E-state index >= 15 is 0 Å². The lowest BCUT2D eigenvalue weighted by Gasteiger charge is -2.22. The molecule has 1 saturated heterocycles. The summed E-state index contributed by atoms with van der Waals surface area (Å²) in [6.07, 6.45) is 4.28. The van der Waals surface area contributed by atoms with E-state index in [1.807, 2.05) is 0 Å². The van der Waals surface area contributed by atoms with Gasteiger partial charge in [0.25, 0.3) is 5.92 Å². The molecule has 1 fully saturated rings. The van der Waals surface area contributed by atoms with Gasteiger partial charge >= 0.3 is 0 Å². The van der Waals surface area contributed by atoms with Crippen LogP contribution >= 0.6 is 0 Å². The topological polar surface area (TPSA) is 27.8 Å². The standard InChI is InChI=1S/C9H12F2N2/c10-9(11,7-3-5-12-6-7)8-2-1-4-13-8/h3,5-6,8,12-13H,1-2,4H2. The fourth-order valence-electron chi connectivity index (χ4n) is 1.73. The van der Waals surface area contributed by atoms with Crippen LogP contribution in [0.1, 0.15) is 18.4 Å². The number of hydrogen-bond donors (Lipinski definition) is 2. The van der Waals surface area contributed by atoms with Crippen LogP contribution in [0.3, 0.4) is 0 Å². The molecule has 0 amide bonds. The molecule has 72 valence electrons. The number of H-pyrrole nitrogens is 1. The first kappa shape index (κ1) is 8.69. The van der Waals surface area contributed by atoms with Crippen molar-refractivity contribution >= 4 is 0 Å². The highest BCUT2D eigenvalue weighted by molar-refractivity contribution is 5.18. The number of hydrogen-bond acceptors (Lipinski definition) is 1. The maximum Gasteiger partial charge on any atom is 0.289 e. The molecule has 0 spiro atoms. The van der Waals surface area contributed by atoms with Crippen molar-refractivity contribution in [2.24, 2.45) is 0 Å². The predicted molar refractivity (Wildman–Crippen MR) is 45.7 cm³/mol. The highest BCUT2D eigenvalue weighted by atomic mass is 19.3. The third-order valence-electron chi connectivity index (χ3n) is 2.48. The Morgan fingerprint density at radius 2 is 2.31 bits per heavy atom. The number of aromatic nitrogens is 1. The molecule has 0 bridgehead atoms. The SMILES string of the molecule is FC(F)(c1cc[nH]c1)C1CCCN1. The largest absolute Gasteiger partial charge is 0.367 e. The number of nitrogens with one attached hydrogen (secondary N) is 2. The zero-order valence-corrected chi connectivity index (χ0v) is 7.19. The fourth-order valence-corrected chi connectivity index (χ4v) is 1.73. The van der Waals surface area contributed by atoms with Gasteiger partial charge in [0.2, 0.25) is 0 Å². The van der Waals surface area contributed by atoms with Gasteiger partial charge in [-0.15, -0.1) is 0 Å². The van der Waals surface area contributed by atoms with Gasteiger partial charge in [0.05, 0.1) is 6.04 Å². The molecule has 1 atom stereocenters. The normalized spacial score (nSPS) is 23.7. The van der Waals surface area contributed by atoms with E-state index in [0.29, 0.717) is 13.0 Å². The summed E-state index contributed by atoms with van der Waals surface area (Å²) < 4.78 is 27.2. The number of rotatable bonds is 2. The van der Waals surface area contributed by atoms with Crippen LogP contribution in [0, 0.1) is 0 Å². The summed E-state index contributed by atoms with van der Waals surface area (Å²) in [4.78, 5) is 2.65. The van der Waals surface area contributed by atoms with Crippen LogP contribution in [0.5, 0.6) is 0 Å². The van der Waals surface area contributed by atoms with Gasteiger partial charge in [0.15, 0.2) is 0 Å². The first-order chi connectivity index (χ1) is 6.21. The van der Waals surface area contributed by atoms with Crippen molar-refractivity contribution in [1.82, 2.24) is 10.3 Å². The van der Waals surface area contributed by atoms with Crippen molar-refractivity contribution in [3.05, 3.63) is 24.0 Å². The lowest BCUT2D eigenvalue weighted by molar-refractivity contribution is -0.0375. The summed E-state index contributed by atoms with van der Waals surface area (Å²) in [6.45, 7) is 0.699. The highest BCUT2D eigenvalue weighted by Crippen LogP contribution is 2.35. The van der Waals surface area contributed by atoms with Gasteiger partial charge in [-0.2, -0.15) is 8.78 Å². The molecule has 13 heavy (non-hydrogen) atoms. The Hall–Kier alpha value is -0.900. The van der Waals surface area contributed by atoms with Crippen LogP contribution in [0.4, 0.5) is 8.78 Å². The lowest BCUT2D eigenvalue weighted by atomic mass is 10.0. The maximum atomic E-state index is 13.6. The molecule has 1 aliphatic heterocycles. The quantitative estimate of drug-likeness (QED) is 0.724. The molecule has 0 radical (unpaired) electrons. The predicted octanol–water partition coefficient (Wildman–Crippen LogP) is 1.86. The van der Waals surface area contributed by atoms with Crippen LogP contribution < -0.4 is 5.32 Å². The van der Waals surface area contributed by atoms with Crippen LogP contribution in [0.2, 0.25) is 0 Å². The zero-order valence-electron chi connectivity index (χ0n) is 7.19. The summed E-state index contributed by atoms with van der Waals surface area (Å²) in [7, 11) is 0. The zero-order chi connectivity index (χ0) is 9.31. The van der Waals surface area contributed by atoms with E-state index < -0.39 is 12.0 Å². The molecule has 2 nitrogen and oxygen atoms in total. The van der Waals surface area contributed by atoms with Crippen LogP contribution in [0.15, 0.2) is 18.5 Å². The smallest absolute Gasteiger partial charge is 0.289 e. The molecule has 1 aliphatic rings. The van der Waals surface area contributed by atoms with Gasteiger partial charge in [0, 0.05) is 18.0 Å². The Bertz CT molecular complexity index is 263. The molecule has 1 aromatic rings. The van der Waals surface area contributed by atoms with Crippen LogP contribution in [0.25, 0.3) is 0 Å². The van der Waals surface area contributed by atoms with Crippen LogP contribution in [-0.4, -0.2) is 17.6 Å². The molecule has 0 aromatic carbocycles. The molecular formula is C9H12F2N2. The molecular weight excluding hydrogens is 174 g/mol. The van der Waals surface area contributed by atoms with E-state index in [4.69, 9.17) is 0 Å². The van der Waals surface area contributed by atoms with Gasteiger partial charge in [-0.25, -0.2) is 0 Å². The second kappa shape index (κ2) is 3.10. The second-order valence-corrected chi connectivity index (χ2v) is 3.37. The van der Waals surface area contributed by atoms with E-state index in [1.165, 1.54) is 18.5 Å². The Kier molecular flexibility index (Phi) is 2.07. The van der Waals surface area contributed by atoms with Gasteiger partial charge < -0.3 is 10.3 Å². The molecule has 0 aliphatic carbocycles. The lowest BCUT2D eigenvalue weighted by Crippen LogP contribution is -2.38. The number of aromatic amines is 1. The molecule has 1 unspecified atom stereocenters. The van der Waals surface area contributed by atoms with E-state index in [1.54, 1.807) is 0 Å². The Labute approximate surface area is 75.3 Å². The number of halogens is 2. The molecule has 2 rings (SSSR count). The first-order valence-electron chi connectivity index (χ1n) is 4.46. The minimum absolute atomic E-state index is 0.0758. The third kappa shape index (κ3) is 1.46. The van der Waals surface area contributed by atoms with E-state index in [-0.39, 0.29) is 5.56 Å². The minimum Gasteiger partial charge on any atom is -0.367 e. The van der Waals surface area contributed by atoms with Crippen molar-refractivity contribution in [1.29, 1.82) is 0 Å². The summed E-state index contributed by atoms with van der Waals surface area (Å²) in [5.74, 6) is -2.74. The van der Waals surface area contributed by atoms with E-state index in [0.717, 1.165) is 6.42 Å². The maximum absolute atomic E-state index is 13.6. The summed E-state index contributed by atoms with van der Waals surface area (Å²) in [5.41, 5.74) is 0.0758. The van der Waals surface area contributed by atoms with Crippen molar-refractivity contribution in [2.45, 2.75) is 24.8 Å². The first-order valence-corrected chi connectivity index (χ1v) is 4.46. The monoisotopic (exact) mass is 186 g/mol. The molecule has 1 aromatic heterocycles. The Morgan fingerprint density at radius 1 is 1.46 bits per heavy atom. The summed E-state index contributed by atoms with van der Waals surface area (Å²) in [6, 6.07) is 0.739. The van der Waals surface area contributed by atoms with Gasteiger partial charge in [0.1, 0.15) is 0 Å². The van der Waals surface area contributed by atoms with Crippen LogP contribution in [-0.2, 0) is 5.92 Å². The molecule has 2 N–H and O–H groups in total. The van der Waals surface area contributed by atoms with Crippen molar-refractivity contribution in [3.8, 4) is 0 Å². The molecule has 2 heterocycles. The minimum atomic E-state index is -2.74. The molecule has 0 saturated carbocycles. The number of alkyl halides is 2. The summed E-state index contributed by atoms with van der Waals surface area (Å²) in [5, 5.41) is 2.82. The average molecular weight is 186 g/mol. The third-order valence-corrected chi connectivity index (χ3v) is 2.48. The van der Waals surface area contributed by atoms with E-state index in [9.17, 15) is 8.78 Å². The summed E-state index contributed by atoms with van der Waals surface area (Å²) >= 11 is 0. The Morgan fingerprint density at radius 3 is 2.85 bits per heavy atom. The van der Waals surface area contributed by atoms with Gasteiger partial charge in [-0.3, -0.25) is 0 Å². The van der Waals surface area contributed by atoms with Gasteiger partial charge in [-0.1, -0.05) is 0 Å². The van der Waals surface area contributed by atoms with E-state index in [2.05, 4.69) is 10.3 Å². The fraction of sp³-hybridized carbons (Fsp3) is 0.556. The van der Waals surface area contributed by atoms with Crippen molar-refractivity contribution < 1.29 is 8.78 Å².